The van der Waals surface area contributed by atoms with Gasteiger partial charge in [-0.15, -0.1) is 0 Å². The SMILES string of the molecule is NCCCc1ccc(C(O)c2ccccc2F)cc1. The first-order valence-corrected chi connectivity index (χ1v) is 6.44. The molecule has 0 spiro atoms. The summed E-state index contributed by atoms with van der Waals surface area (Å²) in [4.78, 5) is 0. The summed E-state index contributed by atoms with van der Waals surface area (Å²) in [5.74, 6) is -0.387. The Morgan fingerprint density at radius 2 is 1.74 bits per heavy atom. The van der Waals surface area contributed by atoms with Gasteiger partial charge in [-0.2, -0.15) is 0 Å². The van der Waals surface area contributed by atoms with Crippen LogP contribution in [0.15, 0.2) is 48.5 Å². The molecule has 0 aliphatic carbocycles. The van der Waals surface area contributed by atoms with Crippen LogP contribution in [0.5, 0.6) is 0 Å². The monoisotopic (exact) mass is 259 g/mol. The number of aliphatic hydroxyl groups is 1. The molecule has 2 rings (SSSR count). The molecule has 19 heavy (non-hydrogen) atoms. The van der Waals surface area contributed by atoms with Crippen molar-refractivity contribution >= 4 is 0 Å². The summed E-state index contributed by atoms with van der Waals surface area (Å²) in [5, 5.41) is 10.2. The Hall–Kier alpha value is -1.71. The van der Waals surface area contributed by atoms with Gasteiger partial charge >= 0.3 is 0 Å². The van der Waals surface area contributed by atoms with Gasteiger partial charge in [-0.3, -0.25) is 0 Å². The normalized spacial score (nSPS) is 12.4. The van der Waals surface area contributed by atoms with E-state index in [0.29, 0.717) is 17.7 Å². The molecular weight excluding hydrogens is 241 g/mol. The van der Waals surface area contributed by atoms with Gasteiger partial charge in [-0.05, 0) is 36.6 Å². The summed E-state index contributed by atoms with van der Waals surface area (Å²) in [5.41, 5.74) is 7.64. The zero-order chi connectivity index (χ0) is 13.7. The van der Waals surface area contributed by atoms with Gasteiger partial charge in [0.15, 0.2) is 0 Å². The third-order valence-electron chi connectivity index (χ3n) is 3.16. The van der Waals surface area contributed by atoms with E-state index >= 15 is 0 Å². The third-order valence-corrected chi connectivity index (χ3v) is 3.16. The molecule has 2 aromatic rings. The minimum atomic E-state index is -0.926. The van der Waals surface area contributed by atoms with E-state index in [1.165, 1.54) is 11.6 Å². The smallest absolute Gasteiger partial charge is 0.129 e. The van der Waals surface area contributed by atoms with E-state index in [1.54, 1.807) is 18.2 Å². The van der Waals surface area contributed by atoms with E-state index in [4.69, 9.17) is 5.73 Å². The molecule has 100 valence electrons. The van der Waals surface area contributed by atoms with Crippen LogP contribution in [-0.2, 0) is 6.42 Å². The average Bonchev–Trinajstić information content (AvgIpc) is 2.45. The predicted molar refractivity (Wildman–Crippen MR) is 74.3 cm³/mol. The largest absolute Gasteiger partial charge is 0.384 e. The quantitative estimate of drug-likeness (QED) is 0.867. The Morgan fingerprint density at radius 1 is 1.05 bits per heavy atom. The topological polar surface area (TPSA) is 46.2 Å². The van der Waals surface area contributed by atoms with Gasteiger partial charge in [0.25, 0.3) is 0 Å². The number of rotatable bonds is 5. The molecule has 0 radical (unpaired) electrons. The lowest BCUT2D eigenvalue weighted by Crippen LogP contribution is -2.03. The molecule has 2 aromatic carbocycles. The minimum absolute atomic E-state index is 0.303. The second-order valence-electron chi connectivity index (χ2n) is 4.56. The van der Waals surface area contributed by atoms with Gasteiger partial charge in [-0.1, -0.05) is 42.5 Å². The Morgan fingerprint density at radius 3 is 2.37 bits per heavy atom. The molecule has 3 N–H and O–H groups in total. The number of aliphatic hydroxyl groups excluding tert-OH is 1. The second-order valence-corrected chi connectivity index (χ2v) is 4.56. The third kappa shape index (κ3) is 3.40. The molecule has 0 heterocycles. The van der Waals surface area contributed by atoms with E-state index in [2.05, 4.69) is 0 Å². The van der Waals surface area contributed by atoms with E-state index < -0.39 is 6.10 Å². The summed E-state index contributed by atoms with van der Waals surface area (Å²) in [6, 6.07) is 13.9. The molecule has 2 nitrogen and oxygen atoms in total. The zero-order valence-corrected chi connectivity index (χ0v) is 10.7. The van der Waals surface area contributed by atoms with Gasteiger partial charge in [0.1, 0.15) is 11.9 Å². The maximum Gasteiger partial charge on any atom is 0.129 e. The van der Waals surface area contributed by atoms with Gasteiger partial charge < -0.3 is 10.8 Å². The van der Waals surface area contributed by atoms with Crippen LogP contribution in [0.2, 0.25) is 0 Å². The average molecular weight is 259 g/mol. The van der Waals surface area contributed by atoms with Crippen molar-refractivity contribution in [2.24, 2.45) is 5.73 Å². The maximum atomic E-state index is 13.6. The Bertz CT molecular complexity index is 525. The summed E-state index contributed by atoms with van der Waals surface area (Å²) in [6.07, 6.45) is 0.937. The standard InChI is InChI=1S/C16H18FNO/c17-15-6-2-1-5-14(15)16(19)13-9-7-12(8-10-13)4-3-11-18/h1-2,5-10,16,19H,3-4,11,18H2. The van der Waals surface area contributed by atoms with Crippen LogP contribution < -0.4 is 5.73 Å². The molecular formula is C16H18FNO. The van der Waals surface area contributed by atoms with Crippen LogP contribution >= 0.6 is 0 Å². The Kier molecular flexibility index (Phi) is 4.66. The molecule has 3 heteroatoms. The first-order valence-electron chi connectivity index (χ1n) is 6.44. The highest BCUT2D eigenvalue weighted by Crippen LogP contribution is 2.24. The highest BCUT2D eigenvalue weighted by atomic mass is 19.1. The summed E-state index contributed by atoms with van der Waals surface area (Å²) in [7, 11) is 0. The zero-order valence-electron chi connectivity index (χ0n) is 10.7. The number of nitrogens with two attached hydrogens (primary N) is 1. The molecule has 0 amide bonds. The van der Waals surface area contributed by atoms with Crippen LogP contribution in [-0.4, -0.2) is 11.7 Å². The molecule has 0 saturated heterocycles. The van der Waals surface area contributed by atoms with Crippen LogP contribution in [0, 0.1) is 5.82 Å². The summed E-state index contributed by atoms with van der Waals surface area (Å²) in [6.45, 7) is 0.666. The number of halogens is 1. The number of hydrogen-bond acceptors (Lipinski definition) is 2. The second kappa shape index (κ2) is 6.45. The van der Waals surface area contributed by atoms with Crippen molar-refractivity contribution < 1.29 is 9.50 Å². The molecule has 1 atom stereocenters. The Balaban J connectivity index is 2.16. The minimum Gasteiger partial charge on any atom is -0.384 e. The molecule has 0 saturated carbocycles. The fourth-order valence-electron chi connectivity index (χ4n) is 2.05. The number of hydrogen-bond donors (Lipinski definition) is 2. The van der Waals surface area contributed by atoms with Crippen molar-refractivity contribution in [3.63, 3.8) is 0 Å². The molecule has 0 aromatic heterocycles. The molecule has 1 unspecified atom stereocenters. The van der Waals surface area contributed by atoms with Crippen molar-refractivity contribution in [1.29, 1.82) is 0 Å². The van der Waals surface area contributed by atoms with E-state index in [0.717, 1.165) is 12.8 Å². The van der Waals surface area contributed by atoms with Crippen molar-refractivity contribution in [3.05, 3.63) is 71.0 Å². The lowest BCUT2D eigenvalue weighted by molar-refractivity contribution is 0.215. The van der Waals surface area contributed by atoms with Crippen molar-refractivity contribution in [1.82, 2.24) is 0 Å². The van der Waals surface area contributed by atoms with Crippen LogP contribution in [0.25, 0.3) is 0 Å². The van der Waals surface area contributed by atoms with Crippen LogP contribution in [0.3, 0.4) is 0 Å². The number of aryl methyl sites for hydroxylation is 1. The summed E-state index contributed by atoms with van der Waals surface area (Å²) < 4.78 is 13.6. The van der Waals surface area contributed by atoms with Crippen molar-refractivity contribution in [2.45, 2.75) is 18.9 Å². The van der Waals surface area contributed by atoms with Crippen LogP contribution in [0.1, 0.15) is 29.2 Å². The molecule has 0 aliphatic rings. The van der Waals surface area contributed by atoms with Gasteiger partial charge in [-0.25, -0.2) is 4.39 Å². The van der Waals surface area contributed by atoms with Gasteiger partial charge in [0.2, 0.25) is 0 Å². The highest BCUT2D eigenvalue weighted by molar-refractivity contribution is 5.32. The fourth-order valence-corrected chi connectivity index (χ4v) is 2.05. The highest BCUT2D eigenvalue weighted by Gasteiger charge is 2.13. The van der Waals surface area contributed by atoms with E-state index in [1.807, 2.05) is 24.3 Å². The predicted octanol–water partition coefficient (Wildman–Crippen LogP) is 2.80. The van der Waals surface area contributed by atoms with Crippen molar-refractivity contribution in [3.8, 4) is 0 Å². The van der Waals surface area contributed by atoms with E-state index in [9.17, 15) is 9.50 Å². The molecule has 0 aliphatic heterocycles. The molecule has 0 fully saturated rings. The van der Waals surface area contributed by atoms with Crippen LogP contribution in [0.4, 0.5) is 4.39 Å². The maximum absolute atomic E-state index is 13.6. The lowest BCUT2D eigenvalue weighted by atomic mass is 9.99. The fraction of sp³-hybridized carbons (Fsp3) is 0.250. The van der Waals surface area contributed by atoms with Crippen molar-refractivity contribution in [2.75, 3.05) is 6.54 Å². The van der Waals surface area contributed by atoms with Gasteiger partial charge in [0.05, 0.1) is 0 Å². The first-order chi connectivity index (χ1) is 9.22. The number of benzene rings is 2. The van der Waals surface area contributed by atoms with Gasteiger partial charge in [0, 0.05) is 5.56 Å². The first kappa shape index (κ1) is 13.7. The molecule has 0 bridgehead atoms. The summed E-state index contributed by atoms with van der Waals surface area (Å²) >= 11 is 0. The lowest BCUT2D eigenvalue weighted by Gasteiger charge is -2.13. The Labute approximate surface area is 112 Å². The van der Waals surface area contributed by atoms with E-state index in [-0.39, 0.29) is 5.82 Å².